The Balaban J connectivity index is 1.75. The maximum absolute atomic E-state index is 6.53. The summed E-state index contributed by atoms with van der Waals surface area (Å²) >= 11 is 3.55. The van der Waals surface area contributed by atoms with E-state index >= 15 is 0 Å². The Morgan fingerprint density at radius 3 is 2.95 bits per heavy atom. The number of hydrogen-bond acceptors (Lipinski definition) is 3. The van der Waals surface area contributed by atoms with Crippen molar-refractivity contribution in [3.63, 3.8) is 0 Å². The van der Waals surface area contributed by atoms with Gasteiger partial charge in [0.05, 0.1) is 12.2 Å². The lowest BCUT2D eigenvalue weighted by atomic mass is 9.79. The highest BCUT2D eigenvalue weighted by Gasteiger charge is 2.42. The maximum atomic E-state index is 6.53. The molecule has 2 heterocycles. The SMILES string of the molecule is Cc1cc(C(N)C2CCOC3(CCOC3)C2)ccc1Br. The molecule has 2 aliphatic heterocycles. The molecule has 0 saturated carbocycles. The van der Waals surface area contributed by atoms with Gasteiger partial charge >= 0.3 is 0 Å². The lowest BCUT2D eigenvalue weighted by Crippen LogP contribution is -2.43. The molecule has 110 valence electrons. The highest BCUT2D eigenvalue weighted by atomic mass is 79.9. The van der Waals surface area contributed by atoms with Gasteiger partial charge in [-0.1, -0.05) is 28.1 Å². The fourth-order valence-corrected chi connectivity index (χ4v) is 3.63. The van der Waals surface area contributed by atoms with E-state index in [9.17, 15) is 0 Å². The summed E-state index contributed by atoms with van der Waals surface area (Å²) in [5, 5.41) is 0. The normalized spacial score (nSPS) is 31.6. The molecule has 1 spiro atoms. The third-order valence-electron chi connectivity index (χ3n) is 4.67. The van der Waals surface area contributed by atoms with Crippen molar-refractivity contribution in [2.45, 2.75) is 37.8 Å². The van der Waals surface area contributed by atoms with Crippen LogP contribution in [0.15, 0.2) is 22.7 Å². The topological polar surface area (TPSA) is 44.5 Å². The summed E-state index contributed by atoms with van der Waals surface area (Å²) in [5.41, 5.74) is 8.93. The molecule has 0 aliphatic carbocycles. The lowest BCUT2D eigenvalue weighted by Gasteiger charge is -2.39. The van der Waals surface area contributed by atoms with E-state index in [4.69, 9.17) is 15.2 Å². The summed E-state index contributed by atoms with van der Waals surface area (Å²) in [5.74, 6) is 0.478. The van der Waals surface area contributed by atoms with Crippen LogP contribution in [0.5, 0.6) is 0 Å². The van der Waals surface area contributed by atoms with E-state index in [2.05, 4.69) is 41.1 Å². The summed E-state index contributed by atoms with van der Waals surface area (Å²) in [6, 6.07) is 6.51. The Bertz CT molecular complexity index is 485. The molecule has 1 aromatic rings. The molecule has 2 aliphatic rings. The van der Waals surface area contributed by atoms with Crippen molar-refractivity contribution >= 4 is 15.9 Å². The summed E-state index contributed by atoms with van der Waals surface area (Å²) in [6.45, 7) is 4.46. The first-order valence-corrected chi connectivity index (χ1v) is 8.12. The van der Waals surface area contributed by atoms with E-state index in [0.717, 1.165) is 43.6 Å². The molecule has 0 radical (unpaired) electrons. The second-order valence-corrected chi connectivity index (χ2v) is 6.98. The fourth-order valence-electron chi connectivity index (χ4n) is 3.38. The molecule has 0 aromatic heterocycles. The number of hydrogen-bond donors (Lipinski definition) is 1. The second-order valence-electron chi connectivity index (χ2n) is 6.12. The summed E-state index contributed by atoms with van der Waals surface area (Å²) in [4.78, 5) is 0. The molecule has 20 heavy (non-hydrogen) atoms. The van der Waals surface area contributed by atoms with Gasteiger partial charge in [0.25, 0.3) is 0 Å². The van der Waals surface area contributed by atoms with Crippen molar-refractivity contribution in [1.29, 1.82) is 0 Å². The lowest BCUT2D eigenvalue weighted by molar-refractivity contribution is -0.101. The first-order valence-electron chi connectivity index (χ1n) is 7.33. The van der Waals surface area contributed by atoms with Crippen LogP contribution in [0.1, 0.15) is 36.4 Å². The third-order valence-corrected chi connectivity index (χ3v) is 5.56. The van der Waals surface area contributed by atoms with E-state index in [1.165, 1.54) is 11.1 Å². The van der Waals surface area contributed by atoms with Crippen molar-refractivity contribution in [3.8, 4) is 0 Å². The molecule has 2 N–H and O–H groups in total. The minimum absolute atomic E-state index is 0.0645. The zero-order valence-electron chi connectivity index (χ0n) is 11.9. The van der Waals surface area contributed by atoms with E-state index < -0.39 is 0 Å². The van der Waals surface area contributed by atoms with Gasteiger partial charge in [0.1, 0.15) is 0 Å². The van der Waals surface area contributed by atoms with E-state index in [0.29, 0.717) is 5.92 Å². The Hall–Kier alpha value is -0.420. The van der Waals surface area contributed by atoms with Crippen LogP contribution < -0.4 is 5.73 Å². The Morgan fingerprint density at radius 2 is 2.25 bits per heavy atom. The number of benzene rings is 1. The van der Waals surface area contributed by atoms with Gasteiger partial charge in [-0.2, -0.15) is 0 Å². The average Bonchev–Trinajstić information content (AvgIpc) is 2.89. The molecule has 3 nitrogen and oxygen atoms in total. The van der Waals surface area contributed by atoms with Gasteiger partial charge in [0.15, 0.2) is 0 Å². The van der Waals surface area contributed by atoms with Gasteiger partial charge in [-0.05, 0) is 42.9 Å². The van der Waals surface area contributed by atoms with Crippen LogP contribution in [0, 0.1) is 12.8 Å². The molecule has 3 rings (SSSR count). The van der Waals surface area contributed by atoms with Crippen LogP contribution in [0.3, 0.4) is 0 Å². The number of rotatable bonds is 2. The first kappa shape index (κ1) is 14.5. The summed E-state index contributed by atoms with van der Waals surface area (Å²) < 4.78 is 12.7. The van der Waals surface area contributed by atoms with Crippen LogP contribution in [0.25, 0.3) is 0 Å². The maximum Gasteiger partial charge on any atom is 0.0940 e. The first-order chi connectivity index (χ1) is 9.60. The molecule has 0 bridgehead atoms. The van der Waals surface area contributed by atoms with E-state index in [-0.39, 0.29) is 11.6 Å². The fraction of sp³-hybridized carbons (Fsp3) is 0.625. The number of halogens is 1. The molecule has 3 atom stereocenters. The molecule has 0 amide bonds. The van der Waals surface area contributed by atoms with Gasteiger partial charge < -0.3 is 15.2 Å². The zero-order valence-corrected chi connectivity index (χ0v) is 13.5. The van der Waals surface area contributed by atoms with Gasteiger partial charge in [-0.25, -0.2) is 0 Å². The minimum atomic E-state index is -0.0645. The van der Waals surface area contributed by atoms with Crippen LogP contribution in [0.2, 0.25) is 0 Å². The van der Waals surface area contributed by atoms with E-state index in [1.54, 1.807) is 0 Å². The third kappa shape index (κ3) is 2.80. The van der Waals surface area contributed by atoms with Gasteiger partial charge in [-0.3, -0.25) is 0 Å². The molecule has 3 unspecified atom stereocenters. The average molecular weight is 340 g/mol. The highest BCUT2D eigenvalue weighted by molar-refractivity contribution is 9.10. The predicted octanol–water partition coefficient (Wildman–Crippen LogP) is 3.34. The number of ether oxygens (including phenoxy) is 2. The van der Waals surface area contributed by atoms with Crippen molar-refractivity contribution in [2.75, 3.05) is 19.8 Å². The number of aryl methyl sites for hydroxylation is 1. The van der Waals surface area contributed by atoms with Crippen LogP contribution in [-0.4, -0.2) is 25.4 Å². The molecule has 2 saturated heterocycles. The van der Waals surface area contributed by atoms with E-state index in [1.807, 2.05) is 0 Å². The largest absolute Gasteiger partial charge is 0.378 e. The van der Waals surface area contributed by atoms with Crippen molar-refractivity contribution in [2.24, 2.45) is 11.7 Å². The molecular formula is C16H22BrNO2. The molecule has 4 heteroatoms. The zero-order chi connectivity index (χ0) is 14.2. The Morgan fingerprint density at radius 1 is 1.40 bits per heavy atom. The molecule has 1 aromatic carbocycles. The quantitative estimate of drug-likeness (QED) is 0.898. The van der Waals surface area contributed by atoms with Crippen LogP contribution >= 0.6 is 15.9 Å². The smallest absolute Gasteiger partial charge is 0.0940 e. The van der Waals surface area contributed by atoms with Gasteiger partial charge in [-0.15, -0.1) is 0 Å². The molecular weight excluding hydrogens is 318 g/mol. The van der Waals surface area contributed by atoms with Crippen LogP contribution in [0.4, 0.5) is 0 Å². The monoisotopic (exact) mass is 339 g/mol. The number of nitrogens with two attached hydrogens (primary N) is 1. The van der Waals surface area contributed by atoms with Crippen molar-refractivity contribution in [3.05, 3.63) is 33.8 Å². The minimum Gasteiger partial charge on any atom is -0.378 e. The Kier molecular flexibility index (Phi) is 4.18. The Labute approximate surface area is 129 Å². The summed E-state index contributed by atoms with van der Waals surface area (Å²) in [6.07, 6.45) is 3.07. The van der Waals surface area contributed by atoms with Crippen LogP contribution in [-0.2, 0) is 9.47 Å². The van der Waals surface area contributed by atoms with Crippen molar-refractivity contribution < 1.29 is 9.47 Å². The second kappa shape index (κ2) is 5.76. The standard InChI is InChI=1S/C16H22BrNO2/c1-11-8-12(2-3-14(11)17)15(18)13-4-6-20-16(9-13)5-7-19-10-16/h2-3,8,13,15H,4-7,9-10,18H2,1H3. The molecule has 2 fully saturated rings. The van der Waals surface area contributed by atoms with Gasteiger partial charge in [0, 0.05) is 30.1 Å². The summed E-state index contributed by atoms with van der Waals surface area (Å²) in [7, 11) is 0. The van der Waals surface area contributed by atoms with Crippen molar-refractivity contribution in [1.82, 2.24) is 0 Å². The highest BCUT2D eigenvalue weighted by Crippen LogP contribution is 2.40. The predicted molar refractivity (Wildman–Crippen MR) is 82.7 cm³/mol. The van der Waals surface area contributed by atoms with Gasteiger partial charge in [0.2, 0.25) is 0 Å².